The average molecular weight is 333 g/mol. The van der Waals surface area contributed by atoms with E-state index in [2.05, 4.69) is 13.8 Å². The summed E-state index contributed by atoms with van der Waals surface area (Å²) in [6.07, 6.45) is 3.79. The molecule has 2 atom stereocenters. The van der Waals surface area contributed by atoms with E-state index in [1.165, 1.54) is 0 Å². The first-order valence-electron chi connectivity index (χ1n) is 7.32. The zero-order valence-corrected chi connectivity index (χ0v) is 14.0. The molecule has 0 saturated heterocycles. The second kappa shape index (κ2) is 9.16. The highest BCUT2D eigenvalue weighted by Crippen LogP contribution is 2.30. The first kappa shape index (κ1) is 18.1. The van der Waals surface area contributed by atoms with Crippen LogP contribution in [0.2, 0.25) is 10.0 Å². The molecule has 1 aromatic rings. The topological polar surface area (TPSA) is 46.5 Å². The van der Waals surface area contributed by atoms with E-state index >= 15 is 0 Å². The van der Waals surface area contributed by atoms with Gasteiger partial charge in [0.15, 0.2) is 6.10 Å². The molecule has 0 spiro atoms. The highest BCUT2D eigenvalue weighted by atomic mass is 35.5. The van der Waals surface area contributed by atoms with Crippen LogP contribution in [0.5, 0.6) is 5.75 Å². The van der Waals surface area contributed by atoms with Gasteiger partial charge >= 0.3 is 5.97 Å². The molecule has 0 aliphatic rings. The Morgan fingerprint density at radius 2 is 2.05 bits per heavy atom. The molecule has 0 bridgehead atoms. The van der Waals surface area contributed by atoms with Gasteiger partial charge in [0.2, 0.25) is 0 Å². The molecule has 3 nitrogen and oxygen atoms in total. The summed E-state index contributed by atoms with van der Waals surface area (Å²) in [5, 5.41) is 10.2. The van der Waals surface area contributed by atoms with Crippen LogP contribution in [0.4, 0.5) is 0 Å². The Kier molecular flexibility index (Phi) is 7.91. The maximum atomic E-state index is 11.4. The number of unbranched alkanes of at least 4 members (excludes halogenated alkanes) is 1. The van der Waals surface area contributed by atoms with E-state index in [4.69, 9.17) is 27.9 Å². The minimum absolute atomic E-state index is 0.329. The molecule has 2 unspecified atom stereocenters. The van der Waals surface area contributed by atoms with E-state index in [1.807, 2.05) is 0 Å². The monoisotopic (exact) mass is 332 g/mol. The summed E-state index contributed by atoms with van der Waals surface area (Å²) in [5.41, 5.74) is 0. The molecule has 1 aromatic carbocycles. The van der Waals surface area contributed by atoms with E-state index in [1.54, 1.807) is 18.2 Å². The van der Waals surface area contributed by atoms with Crippen molar-refractivity contribution in [1.82, 2.24) is 0 Å². The summed E-state index contributed by atoms with van der Waals surface area (Å²) in [6.45, 7) is 4.21. The molecule has 21 heavy (non-hydrogen) atoms. The Morgan fingerprint density at radius 3 is 2.57 bits per heavy atom. The van der Waals surface area contributed by atoms with Crippen LogP contribution in [0.25, 0.3) is 0 Å². The number of carboxylic acid groups (broad SMARTS) is 1. The van der Waals surface area contributed by atoms with E-state index in [9.17, 15) is 9.90 Å². The average Bonchev–Trinajstić information content (AvgIpc) is 2.44. The lowest BCUT2D eigenvalue weighted by molar-refractivity contribution is -0.146. The van der Waals surface area contributed by atoms with Crippen molar-refractivity contribution in [3.05, 3.63) is 28.2 Å². The zero-order chi connectivity index (χ0) is 15.8. The largest absolute Gasteiger partial charge is 0.479 e. The predicted molar refractivity (Wildman–Crippen MR) is 86.4 cm³/mol. The van der Waals surface area contributed by atoms with Gasteiger partial charge in [-0.3, -0.25) is 0 Å². The van der Waals surface area contributed by atoms with E-state index in [-0.39, 0.29) is 0 Å². The van der Waals surface area contributed by atoms with Gasteiger partial charge in [-0.15, -0.1) is 0 Å². The van der Waals surface area contributed by atoms with Crippen molar-refractivity contribution in [2.75, 3.05) is 0 Å². The third-order valence-electron chi connectivity index (χ3n) is 3.53. The Labute approximate surface area is 136 Å². The lowest BCUT2D eigenvalue weighted by atomic mass is 9.93. The number of carboxylic acids is 1. The van der Waals surface area contributed by atoms with Gasteiger partial charge in [0.25, 0.3) is 0 Å². The second-order valence-electron chi connectivity index (χ2n) is 5.17. The number of ether oxygens (including phenoxy) is 1. The molecule has 0 saturated carbocycles. The molecule has 5 heteroatoms. The van der Waals surface area contributed by atoms with Crippen molar-refractivity contribution in [3.63, 3.8) is 0 Å². The summed E-state index contributed by atoms with van der Waals surface area (Å²) in [6, 6.07) is 4.79. The molecule has 0 fully saturated rings. The molecular formula is C16H22Cl2O3. The van der Waals surface area contributed by atoms with Crippen molar-refractivity contribution in [2.24, 2.45) is 5.92 Å². The molecule has 1 N–H and O–H groups in total. The Bertz CT molecular complexity index is 463. The van der Waals surface area contributed by atoms with Gasteiger partial charge in [-0.25, -0.2) is 4.79 Å². The summed E-state index contributed by atoms with van der Waals surface area (Å²) < 4.78 is 5.58. The van der Waals surface area contributed by atoms with Gasteiger partial charge in [0.05, 0.1) is 5.02 Å². The zero-order valence-electron chi connectivity index (χ0n) is 12.4. The fourth-order valence-corrected chi connectivity index (χ4v) is 2.66. The molecule has 0 amide bonds. The maximum absolute atomic E-state index is 11.4. The highest BCUT2D eigenvalue weighted by molar-refractivity contribution is 6.35. The number of carbonyl (C=O) groups is 1. The van der Waals surface area contributed by atoms with E-state index in [0.29, 0.717) is 28.1 Å². The van der Waals surface area contributed by atoms with Crippen LogP contribution in [0, 0.1) is 5.92 Å². The molecule has 0 heterocycles. The van der Waals surface area contributed by atoms with Crippen LogP contribution in [-0.4, -0.2) is 17.2 Å². The van der Waals surface area contributed by atoms with Gasteiger partial charge in [0, 0.05) is 5.02 Å². The number of benzene rings is 1. The number of hydrogen-bond acceptors (Lipinski definition) is 2. The number of aliphatic carboxylic acids is 1. The second-order valence-corrected chi connectivity index (χ2v) is 6.02. The number of halogens is 2. The number of hydrogen-bond donors (Lipinski definition) is 1. The Hall–Kier alpha value is -0.930. The van der Waals surface area contributed by atoms with Crippen molar-refractivity contribution in [1.29, 1.82) is 0 Å². The van der Waals surface area contributed by atoms with Crippen LogP contribution >= 0.6 is 23.2 Å². The predicted octanol–water partition coefficient (Wildman–Crippen LogP) is 5.43. The summed E-state index contributed by atoms with van der Waals surface area (Å²) in [7, 11) is 0. The quantitative estimate of drug-likeness (QED) is 0.655. The van der Waals surface area contributed by atoms with Crippen molar-refractivity contribution in [2.45, 2.75) is 52.1 Å². The summed E-state index contributed by atoms with van der Waals surface area (Å²) in [4.78, 5) is 11.4. The van der Waals surface area contributed by atoms with Gasteiger partial charge in [0.1, 0.15) is 5.75 Å². The lowest BCUT2D eigenvalue weighted by Crippen LogP contribution is -2.29. The highest BCUT2D eigenvalue weighted by Gasteiger charge is 2.24. The van der Waals surface area contributed by atoms with E-state index < -0.39 is 12.1 Å². The molecule has 0 radical (unpaired) electrons. The Balaban J connectivity index is 2.75. The van der Waals surface area contributed by atoms with Crippen molar-refractivity contribution in [3.8, 4) is 5.75 Å². The molecule has 1 rings (SSSR count). The van der Waals surface area contributed by atoms with Crippen LogP contribution in [0.15, 0.2) is 18.2 Å². The minimum atomic E-state index is -0.962. The van der Waals surface area contributed by atoms with E-state index in [0.717, 1.165) is 25.7 Å². The van der Waals surface area contributed by atoms with Gasteiger partial charge in [-0.2, -0.15) is 0 Å². The van der Waals surface area contributed by atoms with Crippen molar-refractivity contribution < 1.29 is 14.6 Å². The summed E-state index contributed by atoms with van der Waals surface area (Å²) in [5.74, 6) is -0.257. The third kappa shape index (κ3) is 6.15. The van der Waals surface area contributed by atoms with Gasteiger partial charge < -0.3 is 9.84 Å². The molecule has 0 aliphatic carbocycles. The molecule has 0 aromatic heterocycles. The Morgan fingerprint density at radius 1 is 1.33 bits per heavy atom. The maximum Gasteiger partial charge on any atom is 0.344 e. The fourth-order valence-electron chi connectivity index (χ4n) is 2.21. The first-order chi connectivity index (χ1) is 9.97. The number of rotatable bonds is 9. The third-order valence-corrected chi connectivity index (χ3v) is 4.06. The van der Waals surface area contributed by atoms with Gasteiger partial charge in [-0.05, 0) is 30.5 Å². The van der Waals surface area contributed by atoms with Crippen LogP contribution in [0.1, 0.15) is 46.0 Å². The first-order valence-corrected chi connectivity index (χ1v) is 8.08. The molecular weight excluding hydrogens is 311 g/mol. The molecule has 118 valence electrons. The molecule has 0 aliphatic heterocycles. The standard InChI is InChI=1S/C16H22Cl2O3/c1-3-5-6-11(4-2)9-15(16(19)20)21-14-8-7-12(17)10-13(14)18/h7-8,10-11,15H,3-6,9H2,1-2H3,(H,19,20). The van der Waals surface area contributed by atoms with Crippen LogP contribution in [0.3, 0.4) is 0 Å². The summed E-state index contributed by atoms with van der Waals surface area (Å²) >= 11 is 11.9. The van der Waals surface area contributed by atoms with Crippen molar-refractivity contribution >= 4 is 29.2 Å². The minimum Gasteiger partial charge on any atom is -0.479 e. The SMILES string of the molecule is CCCCC(CC)CC(Oc1ccc(Cl)cc1Cl)C(=O)O. The van der Waals surface area contributed by atoms with Crippen LogP contribution < -0.4 is 4.74 Å². The van der Waals surface area contributed by atoms with Crippen LogP contribution in [-0.2, 0) is 4.79 Å². The van der Waals surface area contributed by atoms with Gasteiger partial charge in [-0.1, -0.05) is 62.7 Å². The fraction of sp³-hybridized carbons (Fsp3) is 0.562. The normalized spacial score (nSPS) is 13.7. The lowest BCUT2D eigenvalue weighted by Gasteiger charge is -2.21. The smallest absolute Gasteiger partial charge is 0.344 e.